The standard InChI is InChI=1S/C24H19N5O6/c1-15-2-6-17(7-3-15)26-21(30)14-28-23(31)20(27-24(28)32)12-16-4-9-19(10-5-16)35-22-11-8-18(13-25-22)29(33)34/h2-11,13H,12,14H2,1H3,(H,26,30). The van der Waals surface area contributed by atoms with E-state index in [4.69, 9.17) is 4.74 Å². The van der Waals surface area contributed by atoms with Crippen LogP contribution in [-0.4, -0.2) is 44.9 Å². The fraction of sp³-hybridized carbons (Fsp3) is 0.125. The first-order valence-corrected chi connectivity index (χ1v) is 10.5. The van der Waals surface area contributed by atoms with E-state index in [1.807, 2.05) is 19.1 Å². The Balaban J connectivity index is 1.33. The van der Waals surface area contributed by atoms with Gasteiger partial charge in [0.2, 0.25) is 11.8 Å². The summed E-state index contributed by atoms with van der Waals surface area (Å²) in [4.78, 5) is 55.8. The summed E-state index contributed by atoms with van der Waals surface area (Å²) in [7, 11) is 0. The molecule has 0 bridgehead atoms. The number of aromatic nitrogens is 1. The van der Waals surface area contributed by atoms with Crippen LogP contribution in [0.15, 0.2) is 71.9 Å². The highest BCUT2D eigenvalue weighted by Gasteiger charge is 2.34. The van der Waals surface area contributed by atoms with Gasteiger partial charge in [-0.05, 0) is 36.8 Å². The summed E-state index contributed by atoms with van der Waals surface area (Å²) in [6, 6.07) is 15.7. The number of nitrogens with one attached hydrogen (secondary N) is 1. The van der Waals surface area contributed by atoms with Gasteiger partial charge in [-0.15, -0.1) is 0 Å². The van der Waals surface area contributed by atoms with Gasteiger partial charge in [0.25, 0.3) is 11.6 Å². The molecule has 2 aromatic carbocycles. The smallest absolute Gasteiger partial charge is 0.351 e. The lowest BCUT2D eigenvalue weighted by atomic mass is 10.1. The Morgan fingerprint density at radius 1 is 1.06 bits per heavy atom. The minimum Gasteiger partial charge on any atom is -0.439 e. The minimum absolute atomic E-state index is 0.0313. The third-order valence-electron chi connectivity index (χ3n) is 5.04. The number of hydrogen-bond donors (Lipinski definition) is 1. The molecule has 1 aliphatic heterocycles. The van der Waals surface area contributed by atoms with Crippen LogP contribution in [0.3, 0.4) is 0 Å². The number of pyridine rings is 1. The van der Waals surface area contributed by atoms with Crippen molar-refractivity contribution in [2.75, 3.05) is 11.9 Å². The highest BCUT2D eigenvalue weighted by atomic mass is 16.6. The molecule has 176 valence electrons. The lowest BCUT2D eigenvalue weighted by molar-refractivity contribution is -0.385. The van der Waals surface area contributed by atoms with Crippen molar-refractivity contribution in [3.05, 3.63) is 88.1 Å². The van der Waals surface area contributed by atoms with Crippen molar-refractivity contribution in [1.82, 2.24) is 9.88 Å². The number of urea groups is 1. The van der Waals surface area contributed by atoms with E-state index in [1.54, 1.807) is 36.4 Å². The molecule has 1 N–H and O–H groups in total. The van der Waals surface area contributed by atoms with Crippen molar-refractivity contribution in [3.63, 3.8) is 0 Å². The van der Waals surface area contributed by atoms with Crippen LogP contribution in [0.25, 0.3) is 0 Å². The largest absolute Gasteiger partial charge is 0.439 e. The molecule has 0 unspecified atom stereocenters. The number of rotatable bonds is 8. The number of imide groups is 1. The van der Waals surface area contributed by atoms with E-state index in [1.165, 1.54) is 12.1 Å². The second kappa shape index (κ2) is 9.91. The number of nitro groups is 1. The molecule has 0 radical (unpaired) electrons. The zero-order chi connectivity index (χ0) is 24.9. The van der Waals surface area contributed by atoms with Crippen LogP contribution in [0.2, 0.25) is 0 Å². The third-order valence-corrected chi connectivity index (χ3v) is 5.04. The molecule has 11 heteroatoms. The monoisotopic (exact) mass is 473 g/mol. The molecule has 4 rings (SSSR count). The van der Waals surface area contributed by atoms with Crippen LogP contribution in [-0.2, 0) is 16.0 Å². The highest BCUT2D eigenvalue weighted by molar-refractivity contribution is 6.46. The summed E-state index contributed by atoms with van der Waals surface area (Å²) in [6.07, 6.45) is 1.19. The van der Waals surface area contributed by atoms with Crippen molar-refractivity contribution < 1.29 is 24.0 Å². The molecular formula is C24H19N5O6. The summed E-state index contributed by atoms with van der Waals surface area (Å²) in [5.74, 6) is -0.512. The molecule has 1 aromatic heterocycles. The van der Waals surface area contributed by atoms with Crippen molar-refractivity contribution in [3.8, 4) is 11.6 Å². The number of amides is 4. The minimum atomic E-state index is -0.784. The average Bonchev–Trinajstić information content (AvgIpc) is 3.09. The van der Waals surface area contributed by atoms with Gasteiger partial charge in [0, 0.05) is 24.2 Å². The van der Waals surface area contributed by atoms with Crippen LogP contribution in [0, 0.1) is 17.0 Å². The Morgan fingerprint density at radius 2 is 1.77 bits per heavy atom. The second-order valence-corrected chi connectivity index (χ2v) is 7.68. The van der Waals surface area contributed by atoms with Gasteiger partial charge < -0.3 is 10.1 Å². The van der Waals surface area contributed by atoms with Gasteiger partial charge in [0.1, 0.15) is 24.2 Å². The molecule has 0 spiro atoms. The Hall–Kier alpha value is -4.93. The number of carbonyl (C=O) groups excluding carboxylic acids is 3. The molecule has 0 saturated carbocycles. The van der Waals surface area contributed by atoms with Crippen LogP contribution in [0.1, 0.15) is 11.1 Å². The number of aliphatic imine (C=N–C) groups is 1. The van der Waals surface area contributed by atoms with E-state index < -0.39 is 29.3 Å². The summed E-state index contributed by atoms with van der Waals surface area (Å²) >= 11 is 0. The zero-order valence-corrected chi connectivity index (χ0v) is 18.5. The van der Waals surface area contributed by atoms with Crippen molar-refractivity contribution >= 4 is 34.9 Å². The molecular weight excluding hydrogens is 454 g/mol. The van der Waals surface area contributed by atoms with Crippen molar-refractivity contribution in [2.45, 2.75) is 13.3 Å². The molecule has 0 saturated heterocycles. The number of carbonyl (C=O) groups is 3. The summed E-state index contributed by atoms with van der Waals surface area (Å²) in [5, 5.41) is 13.3. The van der Waals surface area contributed by atoms with E-state index in [9.17, 15) is 24.5 Å². The Labute approximate surface area is 199 Å². The Kier molecular flexibility index (Phi) is 6.58. The van der Waals surface area contributed by atoms with Gasteiger partial charge in [-0.25, -0.2) is 14.7 Å². The lowest BCUT2D eigenvalue weighted by Gasteiger charge is -2.13. The summed E-state index contributed by atoms with van der Waals surface area (Å²) in [5.41, 5.74) is 2.18. The van der Waals surface area contributed by atoms with E-state index in [2.05, 4.69) is 15.3 Å². The Bertz CT molecular complexity index is 1320. The number of hydrogen-bond acceptors (Lipinski definition) is 7. The summed E-state index contributed by atoms with van der Waals surface area (Å²) < 4.78 is 5.55. The van der Waals surface area contributed by atoms with E-state index in [-0.39, 0.29) is 23.7 Å². The van der Waals surface area contributed by atoms with Crippen molar-refractivity contribution in [1.29, 1.82) is 0 Å². The fourth-order valence-corrected chi connectivity index (χ4v) is 3.23. The van der Waals surface area contributed by atoms with Crippen LogP contribution in [0.4, 0.5) is 16.2 Å². The van der Waals surface area contributed by atoms with Crippen molar-refractivity contribution in [2.24, 2.45) is 4.99 Å². The molecule has 0 atom stereocenters. The first kappa shape index (κ1) is 23.2. The predicted molar refractivity (Wildman–Crippen MR) is 125 cm³/mol. The Morgan fingerprint density at radius 3 is 2.40 bits per heavy atom. The maximum atomic E-state index is 12.6. The van der Waals surface area contributed by atoms with Crippen LogP contribution in [0.5, 0.6) is 11.6 Å². The molecule has 0 fully saturated rings. The lowest BCUT2D eigenvalue weighted by Crippen LogP contribution is -2.39. The topological polar surface area (TPSA) is 144 Å². The highest BCUT2D eigenvalue weighted by Crippen LogP contribution is 2.22. The van der Waals surface area contributed by atoms with Gasteiger partial charge in [-0.3, -0.25) is 19.7 Å². The first-order valence-electron chi connectivity index (χ1n) is 10.5. The SMILES string of the molecule is Cc1ccc(NC(=O)CN2C(=O)N=C(Cc3ccc(Oc4ccc([N+](=O)[O-])cn4)cc3)C2=O)cc1. The maximum absolute atomic E-state index is 12.6. The van der Waals surface area contributed by atoms with Gasteiger partial charge in [-0.2, -0.15) is 4.99 Å². The second-order valence-electron chi connectivity index (χ2n) is 7.68. The zero-order valence-electron chi connectivity index (χ0n) is 18.5. The van der Waals surface area contributed by atoms with Gasteiger partial charge in [0.05, 0.1) is 4.92 Å². The fourth-order valence-electron chi connectivity index (χ4n) is 3.23. The number of aryl methyl sites for hydroxylation is 1. The van der Waals surface area contributed by atoms with Crippen LogP contribution < -0.4 is 10.1 Å². The molecule has 0 aliphatic carbocycles. The normalized spacial score (nSPS) is 12.9. The number of ether oxygens (including phenoxy) is 1. The molecule has 11 nitrogen and oxygen atoms in total. The van der Waals surface area contributed by atoms with E-state index in [0.717, 1.165) is 16.7 Å². The third kappa shape index (κ3) is 5.71. The quantitative estimate of drug-likeness (QED) is 0.388. The summed E-state index contributed by atoms with van der Waals surface area (Å²) in [6.45, 7) is 1.48. The molecule has 35 heavy (non-hydrogen) atoms. The van der Waals surface area contributed by atoms with E-state index in [0.29, 0.717) is 17.0 Å². The number of nitrogens with zero attached hydrogens (tertiary/aromatic N) is 4. The molecule has 2 heterocycles. The van der Waals surface area contributed by atoms with E-state index >= 15 is 0 Å². The van der Waals surface area contributed by atoms with Gasteiger partial charge in [0.15, 0.2) is 0 Å². The number of anilines is 1. The van der Waals surface area contributed by atoms with Crippen LogP contribution >= 0.6 is 0 Å². The number of benzene rings is 2. The van der Waals surface area contributed by atoms with Gasteiger partial charge >= 0.3 is 6.03 Å². The predicted octanol–water partition coefficient (Wildman–Crippen LogP) is 3.67. The molecule has 1 aliphatic rings. The average molecular weight is 473 g/mol. The maximum Gasteiger partial charge on any atom is 0.351 e. The molecule has 4 amide bonds. The molecule has 3 aromatic rings. The van der Waals surface area contributed by atoms with Gasteiger partial charge in [-0.1, -0.05) is 29.8 Å². The first-order chi connectivity index (χ1) is 16.8.